The lowest BCUT2D eigenvalue weighted by Crippen LogP contribution is -2.39. The van der Waals surface area contributed by atoms with E-state index in [0.29, 0.717) is 19.5 Å². The van der Waals surface area contributed by atoms with Crippen molar-refractivity contribution in [2.45, 2.75) is 12.8 Å². The summed E-state index contributed by atoms with van der Waals surface area (Å²) < 4.78 is 23.0. The van der Waals surface area contributed by atoms with Crippen molar-refractivity contribution in [3.63, 3.8) is 0 Å². The first-order valence-corrected chi connectivity index (χ1v) is 9.11. The first-order valence-electron chi connectivity index (χ1n) is 7.29. The molecule has 5 heteroatoms. The molecule has 1 atom stereocenters. The third-order valence-corrected chi connectivity index (χ3v) is 6.02. The number of hydrogen-bond donors (Lipinski definition) is 0. The molecule has 0 saturated carbocycles. The maximum absolute atomic E-state index is 12.4. The van der Waals surface area contributed by atoms with Crippen LogP contribution >= 0.6 is 0 Å². The SMILES string of the molecule is O=C(C1CCS(=O)(=O)C1)N1CC=C(c2ccccc2)CC1. The maximum atomic E-state index is 12.4. The van der Waals surface area contributed by atoms with Crippen LogP contribution < -0.4 is 0 Å². The molecule has 1 aromatic carbocycles. The van der Waals surface area contributed by atoms with Gasteiger partial charge in [-0.1, -0.05) is 36.4 Å². The summed E-state index contributed by atoms with van der Waals surface area (Å²) in [5.41, 5.74) is 2.46. The van der Waals surface area contributed by atoms with Gasteiger partial charge in [0.1, 0.15) is 0 Å². The molecule has 1 saturated heterocycles. The van der Waals surface area contributed by atoms with E-state index in [-0.39, 0.29) is 23.3 Å². The number of carbonyl (C=O) groups excluding carboxylic acids is 1. The Hall–Kier alpha value is -1.62. The minimum atomic E-state index is -3.00. The zero-order valence-electron chi connectivity index (χ0n) is 11.9. The lowest BCUT2D eigenvalue weighted by molar-refractivity contribution is -0.134. The molecule has 1 amide bonds. The second kappa shape index (κ2) is 5.64. The van der Waals surface area contributed by atoms with Gasteiger partial charge < -0.3 is 4.90 Å². The standard InChI is InChI=1S/C16H19NO3S/c18-16(15-8-11-21(19,20)12-15)17-9-6-14(7-10-17)13-4-2-1-3-5-13/h1-6,15H,7-12H2. The third kappa shape index (κ3) is 3.18. The zero-order valence-corrected chi connectivity index (χ0v) is 12.7. The minimum absolute atomic E-state index is 0.000522. The van der Waals surface area contributed by atoms with Crippen molar-refractivity contribution in [3.8, 4) is 0 Å². The molecule has 0 aliphatic carbocycles. The number of benzene rings is 1. The third-order valence-electron chi connectivity index (χ3n) is 4.25. The molecular formula is C16H19NO3S. The summed E-state index contributed by atoms with van der Waals surface area (Å²) >= 11 is 0. The molecule has 1 fully saturated rings. The molecule has 2 aliphatic rings. The van der Waals surface area contributed by atoms with E-state index in [9.17, 15) is 13.2 Å². The predicted molar refractivity (Wildman–Crippen MR) is 82.4 cm³/mol. The van der Waals surface area contributed by atoms with Crippen LogP contribution in [0, 0.1) is 5.92 Å². The van der Waals surface area contributed by atoms with Crippen molar-refractivity contribution in [1.29, 1.82) is 0 Å². The van der Waals surface area contributed by atoms with Gasteiger partial charge in [0.25, 0.3) is 0 Å². The van der Waals surface area contributed by atoms with Gasteiger partial charge in [-0.2, -0.15) is 0 Å². The predicted octanol–water partition coefficient (Wildman–Crippen LogP) is 1.74. The van der Waals surface area contributed by atoms with E-state index in [1.165, 1.54) is 11.1 Å². The van der Waals surface area contributed by atoms with Crippen LogP contribution in [0.25, 0.3) is 5.57 Å². The fourth-order valence-electron chi connectivity index (χ4n) is 3.03. The van der Waals surface area contributed by atoms with E-state index in [0.717, 1.165) is 6.42 Å². The Kier molecular flexibility index (Phi) is 3.85. The summed E-state index contributed by atoms with van der Waals surface area (Å²) in [7, 11) is -3.00. The Morgan fingerprint density at radius 3 is 2.52 bits per heavy atom. The molecule has 0 N–H and O–H groups in total. The maximum Gasteiger partial charge on any atom is 0.227 e. The highest BCUT2D eigenvalue weighted by atomic mass is 32.2. The first kappa shape index (κ1) is 14.3. The largest absolute Gasteiger partial charge is 0.338 e. The Morgan fingerprint density at radius 1 is 1.19 bits per heavy atom. The van der Waals surface area contributed by atoms with Crippen LogP contribution in [0.15, 0.2) is 36.4 Å². The van der Waals surface area contributed by atoms with Gasteiger partial charge in [-0.25, -0.2) is 8.42 Å². The molecule has 1 unspecified atom stereocenters. The van der Waals surface area contributed by atoms with Gasteiger partial charge in [-0.15, -0.1) is 0 Å². The van der Waals surface area contributed by atoms with Crippen molar-refractivity contribution in [3.05, 3.63) is 42.0 Å². The van der Waals surface area contributed by atoms with E-state index in [2.05, 4.69) is 18.2 Å². The molecule has 112 valence electrons. The smallest absolute Gasteiger partial charge is 0.227 e. The summed E-state index contributed by atoms with van der Waals surface area (Å²) in [6.07, 6.45) is 3.39. The number of rotatable bonds is 2. The fraction of sp³-hybridized carbons (Fsp3) is 0.438. The fourth-order valence-corrected chi connectivity index (χ4v) is 4.76. The van der Waals surface area contributed by atoms with Crippen molar-refractivity contribution >= 4 is 21.3 Å². The van der Waals surface area contributed by atoms with Crippen molar-refractivity contribution in [2.75, 3.05) is 24.6 Å². The van der Waals surface area contributed by atoms with Gasteiger partial charge in [0, 0.05) is 13.1 Å². The highest BCUT2D eigenvalue weighted by molar-refractivity contribution is 7.91. The molecule has 4 nitrogen and oxygen atoms in total. The average molecular weight is 305 g/mol. The summed E-state index contributed by atoms with van der Waals surface area (Å²) in [6.45, 7) is 1.26. The lowest BCUT2D eigenvalue weighted by Gasteiger charge is -2.28. The Bertz CT molecular complexity index is 664. The highest BCUT2D eigenvalue weighted by Gasteiger charge is 2.35. The quantitative estimate of drug-likeness (QED) is 0.836. The van der Waals surface area contributed by atoms with E-state index in [4.69, 9.17) is 0 Å². The van der Waals surface area contributed by atoms with Crippen molar-refractivity contribution < 1.29 is 13.2 Å². The topological polar surface area (TPSA) is 54.5 Å². The van der Waals surface area contributed by atoms with Gasteiger partial charge in [0.15, 0.2) is 9.84 Å². The molecule has 1 aromatic rings. The van der Waals surface area contributed by atoms with E-state index < -0.39 is 9.84 Å². The average Bonchev–Trinajstić information content (AvgIpc) is 2.88. The number of hydrogen-bond acceptors (Lipinski definition) is 3. The summed E-state index contributed by atoms with van der Waals surface area (Å²) in [4.78, 5) is 14.2. The van der Waals surface area contributed by atoms with E-state index in [1.807, 2.05) is 18.2 Å². The van der Waals surface area contributed by atoms with Gasteiger partial charge in [-0.05, 0) is 24.0 Å². The van der Waals surface area contributed by atoms with Gasteiger partial charge in [-0.3, -0.25) is 4.79 Å². The first-order chi connectivity index (χ1) is 10.1. The van der Waals surface area contributed by atoms with Crippen LogP contribution in [0.1, 0.15) is 18.4 Å². The van der Waals surface area contributed by atoms with Crippen LogP contribution in [0.4, 0.5) is 0 Å². The number of sulfone groups is 1. The monoisotopic (exact) mass is 305 g/mol. The second-order valence-electron chi connectivity index (χ2n) is 5.73. The van der Waals surface area contributed by atoms with E-state index >= 15 is 0 Å². The van der Waals surface area contributed by atoms with Crippen LogP contribution in [0.5, 0.6) is 0 Å². The molecule has 21 heavy (non-hydrogen) atoms. The zero-order chi connectivity index (χ0) is 14.9. The number of nitrogens with zero attached hydrogens (tertiary/aromatic N) is 1. The Morgan fingerprint density at radius 2 is 1.95 bits per heavy atom. The molecular weight excluding hydrogens is 286 g/mol. The summed E-state index contributed by atoms with van der Waals surface area (Å²) in [5, 5.41) is 0. The molecule has 2 aliphatic heterocycles. The van der Waals surface area contributed by atoms with Crippen LogP contribution in [-0.2, 0) is 14.6 Å². The minimum Gasteiger partial charge on any atom is -0.338 e. The number of amides is 1. The highest BCUT2D eigenvalue weighted by Crippen LogP contribution is 2.25. The molecule has 3 rings (SSSR count). The van der Waals surface area contributed by atoms with Gasteiger partial charge in [0.2, 0.25) is 5.91 Å². The van der Waals surface area contributed by atoms with Gasteiger partial charge >= 0.3 is 0 Å². The summed E-state index contributed by atoms with van der Waals surface area (Å²) in [6, 6.07) is 10.2. The molecule has 0 radical (unpaired) electrons. The molecule has 2 heterocycles. The second-order valence-corrected chi connectivity index (χ2v) is 7.96. The molecule has 0 aromatic heterocycles. The van der Waals surface area contributed by atoms with E-state index in [1.54, 1.807) is 4.90 Å². The van der Waals surface area contributed by atoms with Gasteiger partial charge in [0.05, 0.1) is 17.4 Å². The lowest BCUT2D eigenvalue weighted by atomic mass is 9.98. The Balaban J connectivity index is 1.66. The molecule has 0 spiro atoms. The van der Waals surface area contributed by atoms with Crippen molar-refractivity contribution in [1.82, 2.24) is 4.90 Å². The van der Waals surface area contributed by atoms with Crippen LogP contribution in [0.2, 0.25) is 0 Å². The Labute approximate surface area is 125 Å². The number of carbonyl (C=O) groups is 1. The molecule has 0 bridgehead atoms. The van der Waals surface area contributed by atoms with Crippen LogP contribution in [0.3, 0.4) is 0 Å². The van der Waals surface area contributed by atoms with Crippen molar-refractivity contribution in [2.24, 2.45) is 5.92 Å². The van der Waals surface area contributed by atoms with Crippen LogP contribution in [-0.4, -0.2) is 43.8 Å². The summed E-state index contributed by atoms with van der Waals surface area (Å²) in [5.74, 6) is -0.152. The normalized spacial score (nSPS) is 24.7.